The first-order valence-electron chi connectivity index (χ1n) is 5.89. The zero-order chi connectivity index (χ0) is 13.3. The molecule has 0 aliphatic rings. The third-order valence-electron chi connectivity index (χ3n) is 2.28. The molecule has 0 saturated heterocycles. The van der Waals surface area contributed by atoms with Crippen LogP contribution in [-0.4, -0.2) is 19.3 Å². The van der Waals surface area contributed by atoms with Crippen molar-refractivity contribution in [1.82, 2.24) is 5.32 Å². The zero-order valence-corrected chi connectivity index (χ0v) is 10.1. The van der Waals surface area contributed by atoms with Crippen molar-refractivity contribution in [1.29, 1.82) is 0 Å². The summed E-state index contributed by atoms with van der Waals surface area (Å²) in [6.45, 7) is 1.07. The van der Waals surface area contributed by atoms with Crippen LogP contribution in [0.4, 0.5) is 13.2 Å². The number of hydrogen-bond acceptors (Lipinski definition) is 1. The number of alkyl halides is 3. The lowest BCUT2D eigenvalue weighted by Gasteiger charge is -2.05. The molecule has 0 bridgehead atoms. The Balaban J connectivity index is 2.04. The molecular formula is C14H16F3N. The summed E-state index contributed by atoms with van der Waals surface area (Å²) >= 11 is 0. The minimum atomic E-state index is -4.03. The van der Waals surface area contributed by atoms with Gasteiger partial charge >= 0.3 is 6.18 Å². The van der Waals surface area contributed by atoms with Crippen LogP contribution in [0.1, 0.15) is 24.8 Å². The van der Waals surface area contributed by atoms with Crippen LogP contribution in [0.2, 0.25) is 0 Å². The van der Waals surface area contributed by atoms with Crippen LogP contribution < -0.4 is 5.32 Å². The lowest BCUT2D eigenvalue weighted by atomic mass is 10.2. The summed E-state index contributed by atoms with van der Waals surface area (Å²) in [5.41, 5.74) is 0.941. The Morgan fingerprint density at radius 1 is 1.06 bits per heavy atom. The molecule has 18 heavy (non-hydrogen) atoms. The van der Waals surface area contributed by atoms with Crippen molar-refractivity contribution in [2.75, 3.05) is 13.1 Å². The standard InChI is InChI=1S/C14H16F3N/c15-14(16,17)10-4-5-11-18-12-6-9-13-7-2-1-3-8-13/h1-3,7-8,18H,4-5,10-12H2. The highest BCUT2D eigenvalue weighted by Crippen LogP contribution is 2.21. The highest BCUT2D eigenvalue weighted by molar-refractivity contribution is 5.33. The van der Waals surface area contributed by atoms with Crippen molar-refractivity contribution in [3.8, 4) is 11.8 Å². The summed E-state index contributed by atoms with van der Waals surface area (Å²) in [6.07, 6.45) is -4.05. The van der Waals surface area contributed by atoms with E-state index in [0.29, 0.717) is 19.5 Å². The smallest absolute Gasteiger partial charge is 0.306 e. The molecule has 98 valence electrons. The molecule has 1 aromatic carbocycles. The summed E-state index contributed by atoms with van der Waals surface area (Å²) in [4.78, 5) is 0. The Labute approximate surface area is 105 Å². The van der Waals surface area contributed by atoms with Gasteiger partial charge in [-0.25, -0.2) is 0 Å². The van der Waals surface area contributed by atoms with Crippen LogP contribution in [0, 0.1) is 11.8 Å². The van der Waals surface area contributed by atoms with Crippen LogP contribution in [0.25, 0.3) is 0 Å². The average molecular weight is 255 g/mol. The van der Waals surface area contributed by atoms with Gasteiger partial charge in [0.1, 0.15) is 0 Å². The van der Waals surface area contributed by atoms with Crippen LogP contribution in [0.15, 0.2) is 30.3 Å². The minimum absolute atomic E-state index is 0.169. The van der Waals surface area contributed by atoms with E-state index >= 15 is 0 Å². The van der Waals surface area contributed by atoms with Crippen molar-refractivity contribution in [2.45, 2.75) is 25.4 Å². The molecule has 1 aromatic rings. The average Bonchev–Trinajstić information content (AvgIpc) is 2.32. The third-order valence-corrected chi connectivity index (χ3v) is 2.28. The number of unbranched alkanes of at least 4 members (excludes halogenated alkanes) is 1. The summed E-state index contributed by atoms with van der Waals surface area (Å²) in [5, 5.41) is 3.00. The Bertz CT molecular complexity index is 387. The Morgan fingerprint density at radius 3 is 2.44 bits per heavy atom. The molecule has 0 amide bonds. The monoisotopic (exact) mass is 255 g/mol. The Kier molecular flexibility index (Phi) is 6.31. The van der Waals surface area contributed by atoms with E-state index in [0.717, 1.165) is 5.56 Å². The molecule has 4 heteroatoms. The second kappa shape index (κ2) is 7.78. The fourth-order valence-electron chi connectivity index (χ4n) is 1.39. The van der Waals surface area contributed by atoms with E-state index in [9.17, 15) is 13.2 Å². The van der Waals surface area contributed by atoms with E-state index < -0.39 is 12.6 Å². The first-order valence-corrected chi connectivity index (χ1v) is 5.89. The number of halogens is 3. The van der Waals surface area contributed by atoms with Crippen molar-refractivity contribution in [3.63, 3.8) is 0 Å². The Morgan fingerprint density at radius 2 is 1.78 bits per heavy atom. The van der Waals surface area contributed by atoms with Gasteiger partial charge in [0.05, 0.1) is 6.54 Å². The van der Waals surface area contributed by atoms with Crippen molar-refractivity contribution in [3.05, 3.63) is 35.9 Å². The van der Waals surface area contributed by atoms with Crippen molar-refractivity contribution < 1.29 is 13.2 Å². The maximum Gasteiger partial charge on any atom is 0.389 e. The van der Waals surface area contributed by atoms with Crippen LogP contribution in [0.5, 0.6) is 0 Å². The summed E-state index contributed by atoms with van der Waals surface area (Å²) in [7, 11) is 0. The number of hydrogen-bond donors (Lipinski definition) is 1. The fourth-order valence-corrected chi connectivity index (χ4v) is 1.39. The topological polar surface area (TPSA) is 12.0 Å². The molecule has 0 atom stereocenters. The third kappa shape index (κ3) is 7.75. The van der Waals surface area contributed by atoms with Gasteiger partial charge in [0.25, 0.3) is 0 Å². The molecule has 0 radical (unpaired) electrons. The van der Waals surface area contributed by atoms with Gasteiger partial charge in [0, 0.05) is 12.0 Å². The molecule has 0 fully saturated rings. The minimum Gasteiger partial charge on any atom is -0.306 e. The van der Waals surface area contributed by atoms with Gasteiger partial charge in [-0.05, 0) is 31.5 Å². The predicted octanol–water partition coefficient (Wildman–Crippen LogP) is 3.36. The van der Waals surface area contributed by atoms with Gasteiger partial charge in [0.2, 0.25) is 0 Å². The number of rotatable bonds is 5. The quantitative estimate of drug-likeness (QED) is 0.628. The molecule has 0 saturated carbocycles. The molecular weight excluding hydrogens is 239 g/mol. The molecule has 0 unspecified atom stereocenters. The SMILES string of the molecule is FC(F)(F)CCCCNCC#Cc1ccccc1. The van der Waals surface area contributed by atoms with Crippen molar-refractivity contribution >= 4 is 0 Å². The van der Waals surface area contributed by atoms with Gasteiger partial charge in [0.15, 0.2) is 0 Å². The van der Waals surface area contributed by atoms with E-state index in [4.69, 9.17) is 0 Å². The van der Waals surface area contributed by atoms with Crippen molar-refractivity contribution in [2.24, 2.45) is 0 Å². The van der Waals surface area contributed by atoms with Gasteiger partial charge in [-0.1, -0.05) is 30.0 Å². The Hall–Kier alpha value is -1.47. The summed E-state index contributed by atoms with van der Waals surface area (Å²) in [5.74, 6) is 5.89. The number of nitrogens with one attached hydrogen (secondary N) is 1. The molecule has 1 rings (SSSR count). The van der Waals surface area contributed by atoms with E-state index in [1.165, 1.54) is 0 Å². The van der Waals surface area contributed by atoms with Gasteiger partial charge in [-0.15, -0.1) is 0 Å². The van der Waals surface area contributed by atoms with Gasteiger partial charge in [-0.2, -0.15) is 13.2 Å². The van der Waals surface area contributed by atoms with E-state index in [1.807, 2.05) is 30.3 Å². The predicted molar refractivity (Wildman–Crippen MR) is 66.1 cm³/mol. The second-order valence-electron chi connectivity index (χ2n) is 3.92. The van der Waals surface area contributed by atoms with E-state index in [1.54, 1.807) is 0 Å². The molecule has 0 aliphatic carbocycles. The second-order valence-corrected chi connectivity index (χ2v) is 3.92. The molecule has 1 N–H and O–H groups in total. The van der Waals surface area contributed by atoms with Crippen LogP contribution in [-0.2, 0) is 0 Å². The highest BCUT2D eigenvalue weighted by atomic mass is 19.4. The van der Waals surface area contributed by atoms with Gasteiger partial charge < -0.3 is 5.32 Å². The normalized spacial score (nSPS) is 10.8. The molecule has 1 nitrogen and oxygen atoms in total. The largest absolute Gasteiger partial charge is 0.389 e. The van der Waals surface area contributed by atoms with Crippen LogP contribution in [0.3, 0.4) is 0 Å². The van der Waals surface area contributed by atoms with Crippen LogP contribution >= 0.6 is 0 Å². The van der Waals surface area contributed by atoms with E-state index in [2.05, 4.69) is 17.2 Å². The molecule has 0 spiro atoms. The summed E-state index contributed by atoms with van der Waals surface area (Å²) < 4.78 is 35.5. The molecule has 0 heterocycles. The first kappa shape index (κ1) is 14.6. The molecule has 0 aliphatic heterocycles. The molecule has 0 aromatic heterocycles. The first-order chi connectivity index (χ1) is 8.58. The summed E-state index contributed by atoms with van der Waals surface area (Å²) in [6, 6.07) is 9.57. The maximum atomic E-state index is 11.8. The lowest BCUT2D eigenvalue weighted by Crippen LogP contribution is -2.16. The zero-order valence-electron chi connectivity index (χ0n) is 10.1. The maximum absolute atomic E-state index is 11.8. The fraction of sp³-hybridized carbons (Fsp3) is 0.429. The van der Waals surface area contributed by atoms with Gasteiger partial charge in [-0.3, -0.25) is 0 Å². The highest BCUT2D eigenvalue weighted by Gasteiger charge is 2.25. The lowest BCUT2D eigenvalue weighted by molar-refractivity contribution is -0.135. The number of benzene rings is 1. The van der Waals surface area contributed by atoms with E-state index in [-0.39, 0.29) is 6.42 Å².